The first-order valence-corrected chi connectivity index (χ1v) is 10.1. The lowest BCUT2D eigenvalue weighted by atomic mass is 10.1. The standard InChI is InChI=1S/C21H23N7O4/c1-14-12-30-19(32-14)11-18(29)23-17-10-6-9-16(22-17)13-31-25-20(15-7-4-3-5-8-15)21-24-26-27-28(21)2/h3-10,14,19H,11-13H2,1-2H3,(H,22,23,29)/b25-20-. The first-order valence-electron chi connectivity index (χ1n) is 10.1. The second-order valence-electron chi connectivity index (χ2n) is 7.18. The van der Waals surface area contributed by atoms with E-state index in [1.807, 2.05) is 37.3 Å². The Morgan fingerprint density at radius 2 is 2.09 bits per heavy atom. The van der Waals surface area contributed by atoms with Gasteiger partial charge < -0.3 is 19.6 Å². The molecule has 0 aliphatic carbocycles. The van der Waals surface area contributed by atoms with Gasteiger partial charge in [0.15, 0.2) is 18.6 Å². The van der Waals surface area contributed by atoms with Crippen LogP contribution in [0.3, 0.4) is 0 Å². The van der Waals surface area contributed by atoms with Crippen molar-refractivity contribution in [2.75, 3.05) is 11.9 Å². The van der Waals surface area contributed by atoms with Crippen LogP contribution in [0.2, 0.25) is 0 Å². The fraction of sp³-hybridized carbons (Fsp3) is 0.333. The van der Waals surface area contributed by atoms with Gasteiger partial charge in [0, 0.05) is 12.6 Å². The summed E-state index contributed by atoms with van der Waals surface area (Å²) in [6.07, 6.45) is -0.439. The Morgan fingerprint density at radius 3 is 2.81 bits per heavy atom. The first-order chi connectivity index (χ1) is 15.6. The molecule has 0 saturated carbocycles. The zero-order chi connectivity index (χ0) is 22.3. The molecule has 1 saturated heterocycles. The molecule has 1 amide bonds. The van der Waals surface area contributed by atoms with Gasteiger partial charge in [0.25, 0.3) is 0 Å². The number of benzene rings is 1. The van der Waals surface area contributed by atoms with Crippen molar-refractivity contribution in [2.45, 2.75) is 32.3 Å². The van der Waals surface area contributed by atoms with Crippen molar-refractivity contribution >= 4 is 17.4 Å². The molecule has 11 nitrogen and oxygen atoms in total. The fourth-order valence-electron chi connectivity index (χ4n) is 3.07. The van der Waals surface area contributed by atoms with Gasteiger partial charge in [0.05, 0.1) is 24.8 Å². The molecular formula is C21H23N7O4. The minimum Gasteiger partial charge on any atom is -0.389 e. The van der Waals surface area contributed by atoms with Gasteiger partial charge >= 0.3 is 0 Å². The van der Waals surface area contributed by atoms with Crippen molar-refractivity contribution < 1.29 is 19.1 Å². The number of carbonyl (C=O) groups is 1. The van der Waals surface area contributed by atoms with E-state index in [1.165, 1.54) is 4.68 Å². The normalized spacial score (nSPS) is 18.5. The Bertz CT molecular complexity index is 1090. The van der Waals surface area contributed by atoms with E-state index in [4.69, 9.17) is 14.3 Å². The van der Waals surface area contributed by atoms with Crippen LogP contribution in [0.1, 0.15) is 30.4 Å². The molecule has 2 aromatic heterocycles. The number of amides is 1. The Labute approximate surface area is 184 Å². The molecule has 1 aliphatic rings. The van der Waals surface area contributed by atoms with Crippen LogP contribution in [0.5, 0.6) is 0 Å². The summed E-state index contributed by atoms with van der Waals surface area (Å²) in [6, 6.07) is 14.7. The molecule has 0 spiro atoms. The third-order valence-corrected chi connectivity index (χ3v) is 4.57. The summed E-state index contributed by atoms with van der Waals surface area (Å²) < 4.78 is 12.4. The predicted octanol–water partition coefficient (Wildman–Crippen LogP) is 1.66. The number of ether oxygens (including phenoxy) is 2. The highest BCUT2D eigenvalue weighted by Crippen LogP contribution is 2.15. The van der Waals surface area contributed by atoms with Gasteiger partial charge in [-0.3, -0.25) is 4.79 Å². The maximum atomic E-state index is 12.2. The topological polar surface area (TPSA) is 126 Å². The molecule has 0 bridgehead atoms. The van der Waals surface area contributed by atoms with Gasteiger partial charge in [-0.05, 0) is 29.5 Å². The SMILES string of the molecule is CC1COC(CC(=O)Nc2cccc(CO/N=C(/c3ccccc3)c3nnnn3C)n2)O1. The van der Waals surface area contributed by atoms with E-state index >= 15 is 0 Å². The van der Waals surface area contributed by atoms with Crippen molar-refractivity contribution in [1.82, 2.24) is 25.2 Å². The molecular weight excluding hydrogens is 414 g/mol. The number of nitrogens with zero attached hydrogens (tertiary/aromatic N) is 6. The van der Waals surface area contributed by atoms with Crippen LogP contribution in [-0.4, -0.2) is 55.8 Å². The second-order valence-corrected chi connectivity index (χ2v) is 7.18. The summed E-state index contributed by atoms with van der Waals surface area (Å²) in [5, 5.41) is 18.5. The highest BCUT2D eigenvalue weighted by molar-refractivity contribution is 6.10. The third-order valence-electron chi connectivity index (χ3n) is 4.57. The number of aromatic nitrogens is 5. The molecule has 4 rings (SSSR count). The summed E-state index contributed by atoms with van der Waals surface area (Å²) in [6.45, 7) is 2.48. The number of hydrogen-bond donors (Lipinski definition) is 1. The molecule has 1 fully saturated rings. The largest absolute Gasteiger partial charge is 0.389 e. The van der Waals surface area contributed by atoms with Crippen molar-refractivity contribution in [3.8, 4) is 0 Å². The molecule has 1 aliphatic heterocycles. The third kappa shape index (κ3) is 5.50. The minimum atomic E-state index is -0.530. The lowest BCUT2D eigenvalue weighted by Crippen LogP contribution is -2.21. The van der Waals surface area contributed by atoms with E-state index in [9.17, 15) is 4.79 Å². The number of hydrogen-bond acceptors (Lipinski definition) is 9. The molecule has 2 unspecified atom stereocenters. The fourth-order valence-corrected chi connectivity index (χ4v) is 3.07. The molecule has 1 N–H and O–H groups in total. The maximum absolute atomic E-state index is 12.2. The summed E-state index contributed by atoms with van der Waals surface area (Å²) in [4.78, 5) is 22.2. The average molecular weight is 437 g/mol. The molecule has 166 valence electrons. The molecule has 32 heavy (non-hydrogen) atoms. The van der Waals surface area contributed by atoms with Crippen molar-refractivity contribution in [3.63, 3.8) is 0 Å². The quantitative estimate of drug-likeness (QED) is 0.417. The van der Waals surface area contributed by atoms with Crippen LogP contribution >= 0.6 is 0 Å². The lowest BCUT2D eigenvalue weighted by molar-refractivity contribution is -0.125. The van der Waals surface area contributed by atoms with E-state index in [0.717, 1.165) is 5.56 Å². The summed E-state index contributed by atoms with van der Waals surface area (Å²) in [5.74, 6) is 0.636. The summed E-state index contributed by atoms with van der Waals surface area (Å²) in [5.41, 5.74) is 1.90. The number of rotatable bonds is 8. The van der Waals surface area contributed by atoms with E-state index in [-0.39, 0.29) is 25.0 Å². The number of tetrazole rings is 1. The van der Waals surface area contributed by atoms with Crippen molar-refractivity contribution in [2.24, 2.45) is 12.2 Å². The van der Waals surface area contributed by atoms with Crippen molar-refractivity contribution in [1.29, 1.82) is 0 Å². The Morgan fingerprint density at radius 1 is 1.25 bits per heavy atom. The lowest BCUT2D eigenvalue weighted by Gasteiger charge is -2.10. The molecule has 3 heterocycles. The Hall–Kier alpha value is -3.70. The van der Waals surface area contributed by atoms with Gasteiger partial charge in [-0.25, -0.2) is 9.67 Å². The summed E-state index contributed by atoms with van der Waals surface area (Å²) in [7, 11) is 1.73. The summed E-state index contributed by atoms with van der Waals surface area (Å²) >= 11 is 0. The molecule has 11 heteroatoms. The van der Waals surface area contributed by atoms with Gasteiger partial charge in [0.1, 0.15) is 5.82 Å². The van der Waals surface area contributed by atoms with Crippen LogP contribution < -0.4 is 5.32 Å². The average Bonchev–Trinajstić information content (AvgIpc) is 3.39. The highest BCUT2D eigenvalue weighted by Gasteiger charge is 2.25. The maximum Gasteiger partial charge on any atom is 0.230 e. The highest BCUT2D eigenvalue weighted by atomic mass is 16.7. The van der Waals surface area contributed by atoms with Crippen LogP contribution in [0.4, 0.5) is 5.82 Å². The monoisotopic (exact) mass is 437 g/mol. The van der Waals surface area contributed by atoms with Gasteiger partial charge in [-0.15, -0.1) is 5.10 Å². The van der Waals surface area contributed by atoms with Crippen LogP contribution in [0.15, 0.2) is 53.7 Å². The second kappa shape index (κ2) is 10.1. The van der Waals surface area contributed by atoms with E-state index < -0.39 is 6.29 Å². The smallest absolute Gasteiger partial charge is 0.230 e. The zero-order valence-electron chi connectivity index (χ0n) is 17.7. The zero-order valence-corrected chi connectivity index (χ0v) is 17.7. The Balaban J connectivity index is 1.40. The minimum absolute atomic E-state index is 0.00920. The van der Waals surface area contributed by atoms with Gasteiger partial charge in [0.2, 0.25) is 11.7 Å². The number of oxime groups is 1. The van der Waals surface area contributed by atoms with E-state index in [1.54, 1.807) is 25.2 Å². The first kappa shape index (κ1) is 21.5. The molecule has 1 aromatic carbocycles. The van der Waals surface area contributed by atoms with Crippen LogP contribution in [0, 0.1) is 0 Å². The number of aryl methyl sites for hydroxylation is 1. The number of pyridine rings is 1. The van der Waals surface area contributed by atoms with E-state index in [0.29, 0.717) is 29.7 Å². The Kier molecular flexibility index (Phi) is 6.78. The van der Waals surface area contributed by atoms with Gasteiger partial charge in [-0.2, -0.15) is 0 Å². The van der Waals surface area contributed by atoms with E-state index in [2.05, 4.69) is 31.0 Å². The van der Waals surface area contributed by atoms with Crippen LogP contribution in [0.25, 0.3) is 0 Å². The predicted molar refractivity (Wildman–Crippen MR) is 113 cm³/mol. The number of carbonyl (C=O) groups excluding carboxylic acids is 1. The number of nitrogens with one attached hydrogen (secondary N) is 1. The molecule has 0 radical (unpaired) electrons. The van der Waals surface area contributed by atoms with Crippen molar-refractivity contribution in [3.05, 3.63) is 65.6 Å². The molecule has 2 atom stereocenters. The molecule has 3 aromatic rings. The van der Waals surface area contributed by atoms with Crippen LogP contribution in [-0.2, 0) is 32.8 Å². The van der Waals surface area contributed by atoms with Gasteiger partial charge in [-0.1, -0.05) is 41.6 Å². The number of anilines is 1.